The Morgan fingerprint density at radius 2 is 1.87 bits per heavy atom. The Bertz CT molecular complexity index is 443. The van der Waals surface area contributed by atoms with Crippen molar-refractivity contribution in [3.05, 3.63) is 42.6 Å². The van der Waals surface area contributed by atoms with Crippen LogP contribution in [0.5, 0.6) is 0 Å². The van der Waals surface area contributed by atoms with Crippen LogP contribution in [-0.2, 0) is 0 Å². The molecule has 0 atom stereocenters. The second kappa shape index (κ2) is 3.85. The van der Waals surface area contributed by atoms with E-state index in [1.807, 2.05) is 10.8 Å². The number of hydrogen-bond donors (Lipinski definition) is 0. The largest absolute Gasteiger partial charge is 0.334 e. The van der Waals surface area contributed by atoms with Crippen molar-refractivity contribution < 1.29 is 4.39 Å². The van der Waals surface area contributed by atoms with Crippen LogP contribution in [-0.4, -0.2) is 9.55 Å². The van der Waals surface area contributed by atoms with Crippen LogP contribution in [0.4, 0.5) is 4.39 Å². The highest BCUT2D eigenvalue weighted by atomic mass is 19.1. The average molecular weight is 204 g/mol. The highest BCUT2D eigenvalue weighted by Gasteiger charge is 2.03. The zero-order valence-electron chi connectivity index (χ0n) is 8.81. The lowest BCUT2D eigenvalue weighted by Gasteiger charge is -2.03. The van der Waals surface area contributed by atoms with E-state index in [9.17, 15) is 4.39 Å². The minimum atomic E-state index is -0.220. The van der Waals surface area contributed by atoms with Gasteiger partial charge in [-0.25, -0.2) is 9.37 Å². The molecule has 78 valence electrons. The van der Waals surface area contributed by atoms with Crippen LogP contribution < -0.4 is 0 Å². The minimum absolute atomic E-state index is 0.220. The lowest BCUT2D eigenvalue weighted by molar-refractivity contribution is 0.600. The van der Waals surface area contributed by atoms with Gasteiger partial charge >= 0.3 is 0 Å². The van der Waals surface area contributed by atoms with Gasteiger partial charge in [0.25, 0.3) is 0 Å². The van der Waals surface area contributed by atoms with Gasteiger partial charge in [0.2, 0.25) is 0 Å². The number of rotatable bonds is 2. The molecule has 0 saturated heterocycles. The molecule has 3 heteroatoms. The molecule has 0 N–H and O–H groups in total. The summed E-state index contributed by atoms with van der Waals surface area (Å²) in [6, 6.07) is 6.77. The van der Waals surface area contributed by atoms with E-state index in [1.165, 1.54) is 12.1 Å². The molecule has 1 aromatic heterocycles. The second-order valence-corrected chi connectivity index (χ2v) is 3.81. The maximum absolute atomic E-state index is 12.7. The van der Waals surface area contributed by atoms with Gasteiger partial charge in [-0.3, -0.25) is 0 Å². The highest BCUT2D eigenvalue weighted by molar-refractivity contribution is 5.57. The fourth-order valence-corrected chi connectivity index (χ4v) is 1.39. The van der Waals surface area contributed by atoms with Crippen LogP contribution in [0.2, 0.25) is 0 Å². The number of imidazole rings is 1. The first-order valence-corrected chi connectivity index (χ1v) is 4.96. The molecular formula is C12H13FN2. The topological polar surface area (TPSA) is 17.8 Å². The molecule has 2 nitrogen and oxygen atoms in total. The zero-order chi connectivity index (χ0) is 10.8. The molecule has 15 heavy (non-hydrogen) atoms. The molecule has 1 heterocycles. The van der Waals surface area contributed by atoms with Gasteiger partial charge in [0.15, 0.2) is 0 Å². The van der Waals surface area contributed by atoms with Crippen LogP contribution in [0.15, 0.2) is 36.8 Å². The van der Waals surface area contributed by atoms with E-state index >= 15 is 0 Å². The van der Waals surface area contributed by atoms with Gasteiger partial charge in [0.05, 0.1) is 12.0 Å². The summed E-state index contributed by atoms with van der Waals surface area (Å²) in [5.41, 5.74) is 1.82. The molecule has 0 aliphatic carbocycles. The predicted molar refractivity (Wildman–Crippen MR) is 58.0 cm³/mol. The number of benzene rings is 1. The first kappa shape index (κ1) is 9.90. The summed E-state index contributed by atoms with van der Waals surface area (Å²) in [7, 11) is 0. The summed E-state index contributed by atoms with van der Waals surface area (Å²) < 4.78 is 14.7. The highest BCUT2D eigenvalue weighted by Crippen LogP contribution is 2.18. The Labute approximate surface area is 88.4 Å². The third-order valence-electron chi connectivity index (χ3n) is 2.34. The first-order valence-electron chi connectivity index (χ1n) is 4.96. The van der Waals surface area contributed by atoms with Gasteiger partial charge in [-0.05, 0) is 38.1 Å². The zero-order valence-corrected chi connectivity index (χ0v) is 8.81. The summed E-state index contributed by atoms with van der Waals surface area (Å²) in [4.78, 5) is 4.28. The van der Waals surface area contributed by atoms with Crippen molar-refractivity contribution >= 4 is 0 Å². The maximum Gasteiger partial charge on any atom is 0.123 e. The predicted octanol–water partition coefficient (Wildman–Crippen LogP) is 3.27. The lowest BCUT2D eigenvalue weighted by atomic mass is 10.2. The Morgan fingerprint density at radius 3 is 2.40 bits per heavy atom. The van der Waals surface area contributed by atoms with Crippen LogP contribution in [0.3, 0.4) is 0 Å². The van der Waals surface area contributed by atoms with Crippen molar-refractivity contribution in [2.75, 3.05) is 0 Å². The molecule has 0 amide bonds. The molecular weight excluding hydrogens is 191 g/mol. The van der Waals surface area contributed by atoms with Gasteiger partial charge in [-0.1, -0.05) is 0 Å². The fraction of sp³-hybridized carbons (Fsp3) is 0.250. The van der Waals surface area contributed by atoms with Crippen molar-refractivity contribution in [3.63, 3.8) is 0 Å². The third kappa shape index (κ3) is 2.06. The van der Waals surface area contributed by atoms with Crippen LogP contribution in [0.25, 0.3) is 11.3 Å². The molecule has 1 aromatic carbocycles. The first-order chi connectivity index (χ1) is 7.16. The van der Waals surface area contributed by atoms with E-state index in [0.29, 0.717) is 6.04 Å². The van der Waals surface area contributed by atoms with Gasteiger partial charge in [-0.15, -0.1) is 0 Å². The van der Waals surface area contributed by atoms with E-state index in [1.54, 1.807) is 18.5 Å². The van der Waals surface area contributed by atoms with Gasteiger partial charge in [0.1, 0.15) is 5.82 Å². The summed E-state index contributed by atoms with van der Waals surface area (Å²) in [6.07, 6.45) is 3.77. The summed E-state index contributed by atoms with van der Waals surface area (Å²) in [5, 5.41) is 0. The molecule has 0 bridgehead atoms. The standard InChI is InChI=1S/C12H13FN2/c1-9(2)15-7-12(14-8-15)10-3-5-11(13)6-4-10/h3-9H,1-2H3. The lowest BCUT2D eigenvalue weighted by Crippen LogP contribution is -1.95. The van der Waals surface area contributed by atoms with Gasteiger partial charge < -0.3 is 4.57 Å². The van der Waals surface area contributed by atoms with Crippen LogP contribution in [0, 0.1) is 5.82 Å². The number of halogens is 1. The smallest absolute Gasteiger partial charge is 0.123 e. The molecule has 0 aliphatic rings. The van der Waals surface area contributed by atoms with E-state index in [2.05, 4.69) is 18.8 Å². The molecule has 0 spiro atoms. The van der Waals surface area contributed by atoms with Crippen molar-refractivity contribution in [2.24, 2.45) is 0 Å². The monoisotopic (exact) mass is 204 g/mol. The third-order valence-corrected chi connectivity index (χ3v) is 2.34. The van der Waals surface area contributed by atoms with Gasteiger partial charge in [0, 0.05) is 17.8 Å². The second-order valence-electron chi connectivity index (χ2n) is 3.81. The fourth-order valence-electron chi connectivity index (χ4n) is 1.39. The number of aromatic nitrogens is 2. The summed E-state index contributed by atoms with van der Waals surface area (Å²) >= 11 is 0. The number of hydrogen-bond acceptors (Lipinski definition) is 1. The SMILES string of the molecule is CC(C)n1cnc(-c2ccc(F)cc2)c1. The van der Waals surface area contributed by atoms with E-state index in [0.717, 1.165) is 11.3 Å². The molecule has 0 unspecified atom stereocenters. The Hall–Kier alpha value is -1.64. The molecule has 0 fully saturated rings. The van der Waals surface area contributed by atoms with E-state index in [4.69, 9.17) is 0 Å². The van der Waals surface area contributed by atoms with Crippen LogP contribution >= 0.6 is 0 Å². The summed E-state index contributed by atoms with van der Waals surface area (Å²) in [5.74, 6) is -0.220. The Morgan fingerprint density at radius 1 is 1.20 bits per heavy atom. The maximum atomic E-state index is 12.7. The van der Waals surface area contributed by atoms with E-state index < -0.39 is 0 Å². The van der Waals surface area contributed by atoms with Crippen molar-refractivity contribution in [1.29, 1.82) is 0 Å². The number of nitrogens with zero attached hydrogens (tertiary/aromatic N) is 2. The summed E-state index contributed by atoms with van der Waals surface area (Å²) in [6.45, 7) is 4.19. The minimum Gasteiger partial charge on any atom is -0.334 e. The molecule has 2 rings (SSSR count). The normalized spacial score (nSPS) is 10.9. The van der Waals surface area contributed by atoms with Crippen molar-refractivity contribution in [2.45, 2.75) is 19.9 Å². The Balaban J connectivity index is 2.33. The van der Waals surface area contributed by atoms with Crippen molar-refractivity contribution in [1.82, 2.24) is 9.55 Å². The molecule has 0 radical (unpaired) electrons. The quantitative estimate of drug-likeness (QED) is 0.734. The molecule has 0 aliphatic heterocycles. The Kier molecular flexibility index (Phi) is 2.54. The van der Waals surface area contributed by atoms with Crippen molar-refractivity contribution in [3.8, 4) is 11.3 Å². The molecule has 2 aromatic rings. The van der Waals surface area contributed by atoms with Gasteiger partial charge in [-0.2, -0.15) is 0 Å². The average Bonchev–Trinajstić information content (AvgIpc) is 2.68. The van der Waals surface area contributed by atoms with E-state index in [-0.39, 0.29) is 5.82 Å². The van der Waals surface area contributed by atoms with Crippen LogP contribution in [0.1, 0.15) is 19.9 Å². The molecule has 0 saturated carbocycles.